The van der Waals surface area contributed by atoms with Gasteiger partial charge in [0.15, 0.2) is 0 Å². The zero-order valence-electron chi connectivity index (χ0n) is 19.8. The average molecular weight is 1140 g/mol. The fourth-order valence-corrected chi connectivity index (χ4v) is 1.34. The molecule has 222 valence electrons. The van der Waals surface area contributed by atoms with Crippen LogP contribution in [0.3, 0.4) is 0 Å². The summed E-state index contributed by atoms with van der Waals surface area (Å²) in [4.78, 5) is 11.9. The third-order valence-corrected chi connectivity index (χ3v) is 2.44. The molecule has 0 aliphatic heterocycles. The molecule has 3 rings (SSSR count). The number of aryl methyl sites for hydroxylation is 3. The maximum atomic E-state index is 4.88. The minimum absolute atomic E-state index is 0. The van der Waals surface area contributed by atoms with Gasteiger partial charge in [0.2, 0.25) is 0 Å². The molecule has 0 unspecified atom stereocenters. The molecule has 0 aliphatic carbocycles. The van der Waals surface area contributed by atoms with Crippen LogP contribution in [0.5, 0.6) is 0 Å². The van der Waals surface area contributed by atoms with E-state index in [2.05, 4.69) is 33.8 Å². The van der Waals surface area contributed by atoms with Gasteiger partial charge in [-0.15, -0.1) is 0 Å². The molecule has 0 bridgehead atoms. The molecule has 0 aromatic carbocycles. The fourth-order valence-electron chi connectivity index (χ4n) is 1.34. The van der Waals surface area contributed by atoms with Crippen molar-refractivity contribution in [3.8, 4) is 0 Å². The number of aromatic nitrogens is 3. The molecule has 0 spiro atoms. The van der Waals surface area contributed by atoms with E-state index < -0.39 is 16.5 Å². The SMILES string of the molecule is Cc1ccccn1.Cc1ccccn1.Cc1ccccn1.O.[CH3-].[CH3-].[Cl-].[Cl][Pt].[Cl][Pt].[Cl][Pt][Cl].[NH2-].[NH2-].[NH2-]. The van der Waals surface area contributed by atoms with Crippen LogP contribution in [0.25, 0.3) is 18.5 Å². The van der Waals surface area contributed by atoms with E-state index in [1.807, 2.05) is 75.4 Å². The van der Waals surface area contributed by atoms with Gasteiger partial charge in [-0.2, -0.15) is 0 Å². The number of pyridine rings is 3. The smallest absolute Gasteiger partial charge is 0.693 e. The second-order valence-corrected chi connectivity index (χ2v) is 7.74. The van der Waals surface area contributed by atoms with Crippen molar-refractivity contribution in [2.75, 3.05) is 0 Å². The molecule has 8 N–H and O–H groups in total. The molecule has 7 nitrogen and oxygen atoms in total. The second kappa shape index (κ2) is 59.7. The van der Waals surface area contributed by atoms with Gasteiger partial charge in [-0.25, -0.2) is 0 Å². The number of nitrogens with zero attached hydrogens (tertiary/aromatic N) is 3. The van der Waals surface area contributed by atoms with E-state index in [9.17, 15) is 0 Å². The Morgan fingerprint density at radius 3 is 0.800 bits per heavy atom. The number of hydrogen-bond acceptors (Lipinski definition) is 3. The van der Waals surface area contributed by atoms with Crippen LogP contribution in [0.1, 0.15) is 17.1 Å². The molecule has 0 fully saturated rings. The quantitative estimate of drug-likeness (QED) is 0.247. The predicted octanol–water partition coefficient (Wildman–Crippen LogP) is 6.15. The molecule has 0 atom stereocenters. The van der Waals surface area contributed by atoms with Crippen LogP contribution >= 0.6 is 37.7 Å². The molecule has 3 aromatic rings. The van der Waals surface area contributed by atoms with Gasteiger partial charge in [-0.05, 0) is 57.2 Å². The first-order valence-corrected chi connectivity index (χ1v) is 18.6. The zero-order chi connectivity index (χ0) is 22.0. The van der Waals surface area contributed by atoms with Crippen LogP contribution in [-0.2, 0) is 54.0 Å². The summed E-state index contributed by atoms with van der Waals surface area (Å²) in [5.74, 6) is 0. The molecule has 0 saturated carbocycles. The fraction of sp³-hybridized carbons (Fsp3) is 0.150. The van der Waals surface area contributed by atoms with Crippen LogP contribution in [0.2, 0.25) is 0 Å². The maximum absolute atomic E-state index is 4.88. The Morgan fingerprint density at radius 2 is 0.743 bits per heavy atom. The van der Waals surface area contributed by atoms with Crippen molar-refractivity contribution in [2.45, 2.75) is 20.8 Å². The first-order chi connectivity index (χ1) is 13.6. The van der Waals surface area contributed by atoms with Gasteiger partial charge in [0.05, 0.1) is 0 Å². The molecule has 15 heteroatoms. The molecular formula is C20H35Cl5N6OPt3-6. The third-order valence-electron chi connectivity index (χ3n) is 2.44. The van der Waals surface area contributed by atoms with Crippen LogP contribution in [0.15, 0.2) is 73.2 Å². The first kappa shape index (κ1) is 65.1. The van der Waals surface area contributed by atoms with Gasteiger partial charge in [0, 0.05) is 35.7 Å². The van der Waals surface area contributed by atoms with E-state index in [-0.39, 0.29) is 51.2 Å². The van der Waals surface area contributed by atoms with Crippen molar-refractivity contribution < 1.29 is 71.9 Å². The number of halogens is 5. The van der Waals surface area contributed by atoms with Gasteiger partial charge >= 0.3 is 91.7 Å². The molecule has 0 aliphatic rings. The Balaban J connectivity index is -0.0000000273. The summed E-state index contributed by atoms with van der Waals surface area (Å²) in [5, 5.41) is 0. The predicted molar refractivity (Wildman–Crippen MR) is 143 cm³/mol. The van der Waals surface area contributed by atoms with Gasteiger partial charge < -0.3 is 51.2 Å². The Labute approximate surface area is 266 Å². The molecule has 3 aromatic heterocycles. The number of rotatable bonds is 0. The van der Waals surface area contributed by atoms with Crippen molar-refractivity contribution in [1.82, 2.24) is 15.0 Å². The average Bonchev–Trinajstić information content (AvgIpc) is 2.74. The van der Waals surface area contributed by atoms with E-state index in [0.29, 0.717) is 0 Å². The van der Waals surface area contributed by atoms with Gasteiger partial charge in [-0.1, -0.05) is 18.2 Å². The van der Waals surface area contributed by atoms with Gasteiger partial charge in [-0.3, -0.25) is 15.0 Å². The monoisotopic (exact) mass is 1140 g/mol. The van der Waals surface area contributed by atoms with E-state index >= 15 is 0 Å². The van der Waals surface area contributed by atoms with E-state index in [1.54, 1.807) is 56.1 Å². The van der Waals surface area contributed by atoms with Crippen molar-refractivity contribution in [3.63, 3.8) is 0 Å². The van der Waals surface area contributed by atoms with Crippen molar-refractivity contribution in [2.24, 2.45) is 0 Å². The minimum Gasteiger partial charge on any atom is -0.693 e. The van der Waals surface area contributed by atoms with Crippen molar-refractivity contribution in [1.29, 1.82) is 0 Å². The topological polar surface area (TPSA) is 171 Å². The Hall–Kier alpha value is 0.805. The second-order valence-electron chi connectivity index (χ2n) is 4.46. The normalized spacial score (nSPS) is 6.26. The zero-order valence-corrected chi connectivity index (χ0v) is 30.4. The molecule has 0 amide bonds. The van der Waals surface area contributed by atoms with E-state index in [1.165, 1.54) is 0 Å². The van der Waals surface area contributed by atoms with E-state index in [4.69, 9.17) is 18.8 Å². The van der Waals surface area contributed by atoms with E-state index in [0.717, 1.165) is 17.1 Å². The summed E-state index contributed by atoms with van der Waals surface area (Å²) < 4.78 is 0. The molecule has 0 saturated heterocycles. The summed E-state index contributed by atoms with van der Waals surface area (Å²) in [6.07, 6.45) is 5.36. The van der Waals surface area contributed by atoms with Crippen LogP contribution < -0.4 is 12.4 Å². The summed E-state index contributed by atoms with van der Waals surface area (Å²) in [6, 6.07) is 17.6. The summed E-state index contributed by atoms with van der Waals surface area (Å²) in [5.41, 5.74) is 3.22. The van der Waals surface area contributed by atoms with Gasteiger partial charge in [0.25, 0.3) is 0 Å². The van der Waals surface area contributed by atoms with Crippen LogP contribution in [0, 0.1) is 35.6 Å². The Kier molecular flexibility index (Phi) is 111. The molecule has 0 radical (unpaired) electrons. The minimum atomic E-state index is -0.472. The molecule has 35 heavy (non-hydrogen) atoms. The number of nitrogens with two attached hydrogens (primary N) is 3. The first-order valence-electron chi connectivity index (χ1n) is 7.29. The Morgan fingerprint density at radius 1 is 0.571 bits per heavy atom. The Bertz CT molecular complexity index is 555. The third kappa shape index (κ3) is 60.9. The van der Waals surface area contributed by atoms with Gasteiger partial charge in [0.1, 0.15) is 0 Å². The van der Waals surface area contributed by atoms with Crippen molar-refractivity contribution >= 4 is 37.7 Å². The molecular weight excluding hydrogens is 1100 g/mol. The maximum Gasteiger partial charge on any atom is -0.693 e. The van der Waals surface area contributed by atoms with Crippen molar-refractivity contribution in [3.05, 3.63) is 124 Å². The standard InChI is InChI=1S/3C6H7N.2CH3.5ClH.3H2N.H2O.3Pt/c3*1-6-4-2-3-5-7-6;;;;;;;;;;;;;;/h3*2-5H,1H3;2*1H3;5*1H;4*1H2;;;/q;;;2*-1;;;;;;3*-1;;2*+1;+2/p-5. The van der Waals surface area contributed by atoms with Crippen LogP contribution in [0.4, 0.5) is 0 Å². The molecule has 3 heterocycles. The number of hydrogen-bond donors (Lipinski definition) is 0. The largest absolute Gasteiger partial charge is 0.693 e. The summed E-state index contributed by atoms with van der Waals surface area (Å²) >= 11 is 2.75. The summed E-state index contributed by atoms with van der Waals surface area (Å²) in [6.45, 7) is 5.92. The van der Waals surface area contributed by atoms with Crippen LogP contribution in [-0.4, -0.2) is 20.4 Å². The summed E-state index contributed by atoms with van der Waals surface area (Å²) in [7, 11) is 19.0.